The Kier molecular flexibility index (Phi) is 6.26. The van der Waals surface area contributed by atoms with Crippen LogP contribution in [0.5, 0.6) is 5.75 Å². The molecule has 3 heteroatoms. The highest BCUT2D eigenvalue weighted by Crippen LogP contribution is 2.50. The summed E-state index contributed by atoms with van der Waals surface area (Å²) in [5.74, 6) is 0.957. The Morgan fingerprint density at radius 2 is 1.64 bits per heavy atom. The molecule has 0 aliphatic carbocycles. The van der Waals surface area contributed by atoms with Crippen LogP contribution in [0.1, 0.15) is 44.4 Å². The third-order valence-corrected chi connectivity index (χ3v) is 5.49. The SMILES string of the molecule is CC(C)C(CN)C(c1ccccc1)(c1cc(CO)ccc1O)C(C)C. The summed E-state index contributed by atoms with van der Waals surface area (Å²) < 4.78 is 0. The fourth-order valence-electron chi connectivity index (χ4n) is 4.35. The summed E-state index contributed by atoms with van der Waals surface area (Å²) in [6.45, 7) is 9.21. The van der Waals surface area contributed by atoms with Gasteiger partial charge in [-0.25, -0.2) is 0 Å². The molecule has 3 nitrogen and oxygen atoms in total. The molecule has 0 radical (unpaired) electrons. The molecule has 4 N–H and O–H groups in total. The maximum atomic E-state index is 10.8. The molecule has 2 aromatic carbocycles. The van der Waals surface area contributed by atoms with Crippen molar-refractivity contribution in [3.8, 4) is 5.75 Å². The van der Waals surface area contributed by atoms with Gasteiger partial charge in [-0.1, -0.05) is 64.1 Å². The second-order valence-corrected chi connectivity index (χ2v) is 7.49. The smallest absolute Gasteiger partial charge is 0.119 e. The van der Waals surface area contributed by atoms with Gasteiger partial charge >= 0.3 is 0 Å². The van der Waals surface area contributed by atoms with Crippen LogP contribution >= 0.6 is 0 Å². The predicted octanol–water partition coefficient (Wildman–Crippen LogP) is 4.06. The number of aromatic hydroxyl groups is 1. The first-order chi connectivity index (χ1) is 11.9. The van der Waals surface area contributed by atoms with E-state index in [1.54, 1.807) is 12.1 Å². The average molecular weight is 341 g/mol. The molecule has 0 aliphatic heterocycles. The summed E-state index contributed by atoms with van der Waals surface area (Å²) in [6, 6.07) is 15.7. The summed E-state index contributed by atoms with van der Waals surface area (Å²) in [7, 11) is 0. The van der Waals surface area contributed by atoms with Gasteiger partial charge in [0.25, 0.3) is 0 Å². The monoisotopic (exact) mass is 341 g/mol. The van der Waals surface area contributed by atoms with Crippen molar-refractivity contribution in [1.29, 1.82) is 0 Å². The zero-order valence-electron chi connectivity index (χ0n) is 15.7. The van der Waals surface area contributed by atoms with Gasteiger partial charge in [-0.15, -0.1) is 0 Å². The van der Waals surface area contributed by atoms with Crippen molar-refractivity contribution in [2.24, 2.45) is 23.5 Å². The van der Waals surface area contributed by atoms with E-state index in [0.29, 0.717) is 12.5 Å². The molecule has 0 aromatic heterocycles. The minimum absolute atomic E-state index is 0.0504. The van der Waals surface area contributed by atoms with Crippen molar-refractivity contribution in [3.63, 3.8) is 0 Å². The first-order valence-corrected chi connectivity index (χ1v) is 9.08. The molecule has 25 heavy (non-hydrogen) atoms. The van der Waals surface area contributed by atoms with Gasteiger partial charge in [0.15, 0.2) is 0 Å². The number of phenolic OH excluding ortho intramolecular Hbond substituents is 1. The molecule has 2 atom stereocenters. The van der Waals surface area contributed by atoms with Crippen molar-refractivity contribution in [3.05, 3.63) is 65.2 Å². The van der Waals surface area contributed by atoms with Crippen LogP contribution in [0.4, 0.5) is 0 Å². The Bertz CT molecular complexity index is 682. The molecular weight excluding hydrogens is 310 g/mol. The molecule has 2 rings (SSSR count). The summed E-state index contributed by atoms with van der Waals surface area (Å²) in [4.78, 5) is 0. The number of benzene rings is 2. The van der Waals surface area contributed by atoms with Gasteiger partial charge in [0.2, 0.25) is 0 Å². The maximum absolute atomic E-state index is 10.8. The summed E-state index contributed by atoms with van der Waals surface area (Å²) in [5, 5.41) is 20.4. The standard InChI is InChI=1S/C22H31NO2/c1-15(2)20(13-23)22(16(3)4,18-8-6-5-7-9-18)19-12-17(14-24)10-11-21(19)25/h5-12,15-16,20,24-25H,13-14,23H2,1-4H3. The van der Waals surface area contributed by atoms with E-state index in [1.807, 2.05) is 24.3 Å². The Labute approximate surface area is 151 Å². The van der Waals surface area contributed by atoms with E-state index in [-0.39, 0.29) is 24.2 Å². The number of aliphatic hydroxyl groups excluding tert-OH is 1. The van der Waals surface area contributed by atoms with Gasteiger partial charge in [-0.05, 0) is 47.6 Å². The minimum atomic E-state index is -0.431. The van der Waals surface area contributed by atoms with E-state index in [1.165, 1.54) is 0 Å². The molecule has 0 bridgehead atoms. The van der Waals surface area contributed by atoms with Crippen molar-refractivity contribution >= 4 is 0 Å². The van der Waals surface area contributed by atoms with Crippen LogP contribution in [-0.2, 0) is 12.0 Å². The van der Waals surface area contributed by atoms with Crippen molar-refractivity contribution in [1.82, 2.24) is 0 Å². The van der Waals surface area contributed by atoms with Gasteiger partial charge < -0.3 is 15.9 Å². The van der Waals surface area contributed by atoms with Crippen molar-refractivity contribution < 1.29 is 10.2 Å². The van der Waals surface area contributed by atoms with E-state index in [9.17, 15) is 10.2 Å². The van der Waals surface area contributed by atoms with E-state index < -0.39 is 5.41 Å². The lowest BCUT2D eigenvalue weighted by molar-refractivity contribution is 0.186. The average Bonchev–Trinajstić information content (AvgIpc) is 2.60. The van der Waals surface area contributed by atoms with E-state index in [4.69, 9.17) is 5.73 Å². The number of hydrogen-bond donors (Lipinski definition) is 3. The highest BCUT2D eigenvalue weighted by Gasteiger charge is 2.46. The van der Waals surface area contributed by atoms with Crippen LogP contribution in [0.2, 0.25) is 0 Å². The Balaban J connectivity index is 2.88. The molecule has 136 valence electrons. The third kappa shape index (κ3) is 3.44. The van der Waals surface area contributed by atoms with Crippen molar-refractivity contribution in [2.75, 3.05) is 6.54 Å². The Morgan fingerprint density at radius 3 is 2.12 bits per heavy atom. The molecule has 0 heterocycles. The normalized spacial score (nSPS) is 15.4. The Morgan fingerprint density at radius 1 is 1.00 bits per heavy atom. The molecule has 2 unspecified atom stereocenters. The summed E-state index contributed by atoms with van der Waals surface area (Å²) in [5.41, 5.74) is 8.63. The first kappa shape index (κ1) is 19.5. The summed E-state index contributed by atoms with van der Waals surface area (Å²) in [6.07, 6.45) is 0. The molecule has 0 saturated carbocycles. The van der Waals surface area contributed by atoms with Crippen LogP contribution in [0.3, 0.4) is 0 Å². The zero-order chi connectivity index (χ0) is 18.6. The first-order valence-electron chi connectivity index (χ1n) is 9.08. The van der Waals surface area contributed by atoms with E-state index in [2.05, 4.69) is 39.8 Å². The van der Waals surface area contributed by atoms with E-state index in [0.717, 1.165) is 16.7 Å². The fraction of sp³-hybridized carbons (Fsp3) is 0.455. The Hall–Kier alpha value is -1.84. The molecule has 0 fully saturated rings. The van der Waals surface area contributed by atoms with Gasteiger partial charge in [-0.2, -0.15) is 0 Å². The molecule has 0 amide bonds. The van der Waals surface area contributed by atoms with Gasteiger partial charge in [-0.3, -0.25) is 0 Å². The number of nitrogens with two attached hydrogens (primary N) is 1. The second kappa shape index (κ2) is 8.03. The highest BCUT2D eigenvalue weighted by atomic mass is 16.3. The highest BCUT2D eigenvalue weighted by molar-refractivity contribution is 5.50. The van der Waals surface area contributed by atoms with Crippen LogP contribution in [0, 0.1) is 17.8 Å². The number of hydrogen-bond acceptors (Lipinski definition) is 3. The lowest BCUT2D eigenvalue weighted by Crippen LogP contribution is -2.47. The summed E-state index contributed by atoms with van der Waals surface area (Å²) >= 11 is 0. The molecular formula is C22H31NO2. The number of aliphatic hydroxyl groups is 1. The lowest BCUT2D eigenvalue weighted by Gasteiger charge is -2.47. The third-order valence-electron chi connectivity index (χ3n) is 5.49. The second-order valence-electron chi connectivity index (χ2n) is 7.49. The van der Waals surface area contributed by atoms with Gasteiger partial charge in [0, 0.05) is 11.0 Å². The lowest BCUT2D eigenvalue weighted by atomic mass is 9.56. The quantitative estimate of drug-likeness (QED) is 0.711. The number of phenols is 1. The maximum Gasteiger partial charge on any atom is 0.119 e. The van der Waals surface area contributed by atoms with E-state index >= 15 is 0 Å². The molecule has 2 aromatic rings. The zero-order valence-corrected chi connectivity index (χ0v) is 15.7. The molecule has 0 aliphatic rings. The van der Waals surface area contributed by atoms with Crippen molar-refractivity contribution in [2.45, 2.75) is 39.7 Å². The van der Waals surface area contributed by atoms with Crippen LogP contribution in [0.25, 0.3) is 0 Å². The fourth-order valence-corrected chi connectivity index (χ4v) is 4.35. The van der Waals surface area contributed by atoms with Crippen LogP contribution in [0.15, 0.2) is 48.5 Å². The number of rotatable bonds is 7. The molecule has 0 saturated heterocycles. The van der Waals surface area contributed by atoms with Gasteiger partial charge in [0.05, 0.1) is 6.61 Å². The minimum Gasteiger partial charge on any atom is -0.508 e. The van der Waals surface area contributed by atoms with Crippen LogP contribution in [-0.4, -0.2) is 16.8 Å². The topological polar surface area (TPSA) is 66.5 Å². The predicted molar refractivity (Wildman–Crippen MR) is 103 cm³/mol. The largest absolute Gasteiger partial charge is 0.508 e. The molecule has 0 spiro atoms. The van der Waals surface area contributed by atoms with Crippen LogP contribution < -0.4 is 5.73 Å². The van der Waals surface area contributed by atoms with Gasteiger partial charge in [0.1, 0.15) is 5.75 Å².